The van der Waals surface area contributed by atoms with Crippen LogP contribution >= 0.6 is 0 Å². The molecular formula is C15H13FN2O3. The fourth-order valence-electron chi connectivity index (χ4n) is 1.92. The van der Waals surface area contributed by atoms with Gasteiger partial charge in [0.05, 0.1) is 11.3 Å². The Labute approximate surface area is 120 Å². The first kappa shape index (κ1) is 14.5. The Morgan fingerprint density at radius 1 is 1.19 bits per heavy atom. The largest absolute Gasteiger partial charge is 0.478 e. The first-order chi connectivity index (χ1) is 9.88. The Morgan fingerprint density at radius 2 is 1.90 bits per heavy atom. The normalized spacial score (nSPS) is 10.2. The molecule has 0 aliphatic rings. The molecule has 0 aliphatic heterocycles. The number of aromatic carboxylic acids is 1. The summed E-state index contributed by atoms with van der Waals surface area (Å²) >= 11 is 0. The van der Waals surface area contributed by atoms with Crippen molar-refractivity contribution in [2.45, 2.75) is 6.92 Å². The number of primary amides is 1. The molecular weight excluding hydrogens is 275 g/mol. The number of carboxylic acids is 1. The summed E-state index contributed by atoms with van der Waals surface area (Å²) in [6.45, 7) is 1.72. The van der Waals surface area contributed by atoms with Gasteiger partial charge in [-0.05, 0) is 48.9 Å². The van der Waals surface area contributed by atoms with Gasteiger partial charge in [0.15, 0.2) is 0 Å². The number of anilines is 2. The number of amides is 1. The third-order valence-electron chi connectivity index (χ3n) is 2.99. The maximum Gasteiger partial charge on any atom is 0.335 e. The van der Waals surface area contributed by atoms with Gasteiger partial charge in [-0.3, -0.25) is 4.79 Å². The van der Waals surface area contributed by atoms with Gasteiger partial charge in [-0.25, -0.2) is 9.18 Å². The van der Waals surface area contributed by atoms with E-state index in [1.807, 2.05) is 0 Å². The fourth-order valence-corrected chi connectivity index (χ4v) is 1.92. The number of carbonyl (C=O) groups is 2. The number of rotatable bonds is 4. The van der Waals surface area contributed by atoms with E-state index >= 15 is 0 Å². The second-order valence-corrected chi connectivity index (χ2v) is 4.52. The summed E-state index contributed by atoms with van der Waals surface area (Å²) < 4.78 is 13.8. The number of nitrogens with two attached hydrogens (primary N) is 1. The van der Waals surface area contributed by atoms with Crippen molar-refractivity contribution in [2.75, 3.05) is 5.32 Å². The number of carbonyl (C=O) groups excluding carboxylic acids is 1. The molecule has 0 saturated carbocycles. The molecule has 0 spiro atoms. The highest BCUT2D eigenvalue weighted by Crippen LogP contribution is 2.23. The van der Waals surface area contributed by atoms with Gasteiger partial charge in [-0.1, -0.05) is 0 Å². The van der Waals surface area contributed by atoms with Crippen LogP contribution in [0.4, 0.5) is 15.8 Å². The average molecular weight is 288 g/mol. The average Bonchev–Trinajstić information content (AvgIpc) is 2.40. The van der Waals surface area contributed by atoms with Crippen molar-refractivity contribution >= 4 is 23.3 Å². The van der Waals surface area contributed by atoms with Gasteiger partial charge in [0.25, 0.3) is 0 Å². The minimum absolute atomic E-state index is 0.127. The molecule has 0 fully saturated rings. The monoisotopic (exact) mass is 288 g/mol. The van der Waals surface area contributed by atoms with E-state index in [0.29, 0.717) is 16.8 Å². The van der Waals surface area contributed by atoms with Crippen LogP contribution in [0.5, 0.6) is 0 Å². The SMILES string of the molecule is Cc1cc(Nc2ccc(C(=O)O)cc2F)ccc1C(N)=O. The quantitative estimate of drug-likeness (QED) is 0.806. The van der Waals surface area contributed by atoms with Crippen molar-refractivity contribution in [3.8, 4) is 0 Å². The molecule has 0 aromatic heterocycles. The molecule has 1 amide bonds. The minimum atomic E-state index is -1.19. The zero-order valence-electron chi connectivity index (χ0n) is 11.2. The van der Waals surface area contributed by atoms with E-state index in [-0.39, 0.29) is 11.3 Å². The molecule has 6 heteroatoms. The Hall–Kier alpha value is -2.89. The van der Waals surface area contributed by atoms with Crippen molar-refractivity contribution < 1.29 is 19.1 Å². The number of benzene rings is 2. The maximum absolute atomic E-state index is 13.8. The molecule has 2 aromatic rings. The fraction of sp³-hybridized carbons (Fsp3) is 0.0667. The Balaban J connectivity index is 2.28. The topological polar surface area (TPSA) is 92.4 Å². The standard InChI is InChI=1S/C15H13FN2O3/c1-8-6-10(3-4-11(8)14(17)19)18-13-5-2-9(15(20)21)7-12(13)16/h2-7,18H,1H3,(H2,17,19)(H,20,21). The summed E-state index contributed by atoms with van der Waals surface area (Å²) in [6, 6.07) is 8.38. The number of carboxylic acid groups (broad SMARTS) is 1. The Bertz CT molecular complexity index is 729. The van der Waals surface area contributed by atoms with Gasteiger partial charge in [0.1, 0.15) is 5.82 Å². The van der Waals surface area contributed by atoms with Gasteiger partial charge >= 0.3 is 5.97 Å². The smallest absolute Gasteiger partial charge is 0.335 e. The second kappa shape index (κ2) is 5.62. The predicted molar refractivity (Wildman–Crippen MR) is 76.3 cm³/mol. The van der Waals surface area contributed by atoms with E-state index in [9.17, 15) is 14.0 Å². The van der Waals surface area contributed by atoms with Crippen LogP contribution in [0.15, 0.2) is 36.4 Å². The lowest BCUT2D eigenvalue weighted by atomic mass is 10.1. The molecule has 0 saturated heterocycles. The number of halogens is 1. The summed E-state index contributed by atoms with van der Waals surface area (Å²) in [4.78, 5) is 21.9. The molecule has 0 unspecified atom stereocenters. The van der Waals surface area contributed by atoms with Crippen LogP contribution in [0.1, 0.15) is 26.3 Å². The van der Waals surface area contributed by atoms with E-state index in [0.717, 1.165) is 6.07 Å². The summed E-state index contributed by atoms with van der Waals surface area (Å²) in [5, 5.41) is 11.6. The van der Waals surface area contributed by atoms with E-state index in [1.54, 1.807) is 25.1 Å². The summed E-state index contributed by atoms with van der Waals surface area (Å²) in [5.41, 5.74) is 6.85. The van der Waals surface area contributed by atoms with Gasteiger partial charge in [-0.15, -0.1) is 0 Å². The van der Waals surface area contributed by atoms with Gasteiger partial charge in [0.2, 0.25) is 5.91 Å². The lowest BCUT2D eigenvalue weighted by molar-refractivity contribution is 0.0696. The first-order valence-electron chi connectivity index (χ1n) is 6.09. The van der Waals surface area contributed by atoms with Gasteiger partial charge in [0, 0.05) is 11.3 Å². The predicted octanol–water partition coefficient (Wildman–Crippen LogP) is 2.67. The molecule has 0 radical (unpaired) electrons. The summed E-state index contributed by atoms with van der Waals surface area (Å²) in [5.74, 6) is -2.40. The van der Waals surface area contributed by atoms with Crippen LogP contribution in [-0.4, -0.2) is 17.0 Å². The van der Waals surface area contributed by atoms with Crippen LogP contribution in [0, 0.1) is 12.7 Å². The minimum Gasteiger partial charge on any atom is -0.478 e. The van der Waals surface area contributed by atoms with Crippen LogP contribution in [0.2, 0.25) is 0 Å². The zero-order chi connectivity index (χ0) is 15.6. The number of nitrogens with one attached hydrogen (secondary N) is 1. The van der Waals surface area contributed by atoms with E-state index in [1.165, 1.54) is 12.1 Å². The van der Waals surface area contributed by atoms with E-state index < -0.39 is 17.7 Å². The molecule has 21 heavy (non-hydrogen) atoms. The van der Waals surface area contributed by atoms with Crippen LogP contribution in [0.25, 0.3) is 0 Å². The molecule has 108 valence electrons. The Morgan fingerprint density at radius 3 is 2.43 bits per heavy atom. The second-order valence-electron chi connectivity index (χ2n) is 4.52. The Kier molecular flexibility index (Phi) is 3.89. The molecule has 5 nitrogen and oxygen atoms in total. The number of hydrogen-bond acceptors (Lipinski definition) is 3. The molecule has 2 aromatic carbocycles. The van der Waals surface area contributed by atoms with Crippen LogP contribution in [0.3, 0.4) is 0 Å². The van der Waals surface area contributed by atoms with Gasteiger partial charge < -0.3 is 16.2 Å². The van der Waals surface area contributed by atoms with E-state index in [2.05, 4.69) is 5.32 Å². The molecule has 0 atom stereocenters. The molecule has 4 N–H and O–H groups in total. The molecule has 2 rings (SSSR count). The lowest BCUT2D eigenvalue weighted by Gasteiger charge is -2.10. The lowest BCUT2D eigenvalue weighted by Crippen LogP contribution is -2.12. The molecule has 0 bridgehead atoms. The summed E-state index contributed by atoms with van der Waals surface area (Å²) in [6.07, 6.45) is 0. The van der Waals surface area contributed by atoms with Crippen molar-refractivity contribution in [3.05, 3.63) is 58.9 Å². The van der Waals surface area contributed by atoms with Crippen molar-refractivity contribution in [1.29, 1.82) is 0 Å². The molecule has 0 aliphatic carbocycles. The summed E-state index contributed by atoms with van der Waals surface area (Å²) in [7, 11) is 0. The van der Waals surface area contributed by atoms with Crippen molar-refractivity contribution in [2.24, 2.45) is 5.73 Å². The third-order valence-corrected chi connectivity index (χ3v) is 2.99. The number of hydrogen-bond donors (Lipinski definition) is 3. The maximum atomic E-state index is 13.8. The highest BCUT2D eigenvalue weighted by Gasteiger charge is 2.10. The zero-order valence-corrected chi connectivity index (χ0v) is 11.2. The van der Waals surface area contributed by atoms with Crippen molar-refractivity contribution in [1.82, 2.24) is 0 Å². The van der Waals surface area contributed by atoms with E-state index in [4.69, 9.17) is 10.8 Å². The van der Waals surface area contributed by atoms with Crippen molar-refractivity contribution in [3.63, 3.8) is 0 Å². The third kappa shape index (κ3) is 3.17. The molecule has 0 heterocycles. The van der Waals surface area contributed by atoms with Crippen LogP contribution < -0.4 is 11.1 Å². The van der Waals surface area contributed by atoms with Crippen LogP contribution in [-0.2, 0) is 0 Å². The highest BCUT2D eigenvalue weighted by atomic mass is 19.1. The first-order valence-corrected chi connectivity index (χ1v) is 6.09. The number of aryl methyl sites for hydroxylation is 1. The van der Waals surface area contributed by atoms with Gasteiger partial charge in [-0.2, -0.15) is 0 Å². The highest BCUT2D eigenvalue weighted by molar-refractivity contribution is 5.94.